The van der Waals surface area contributed by atoms with Crippen molar-refractivity contribution in [2.75, 3.05) is 11.1 Å². The van der Waals surface area contributed by atoms with Crippen molar-refractivity contribution >= 4 is 28.9 Å². The van der Waals surface area contributed by atoms with Crippen LogP contribution in [0.2, 0.25) is 0 Å². The number of anilines is 2. The summed E-state index contributed by atoms with van der Waals surface area (Å²) in [4.78, 5) is 12.6. The van der Waals surface area contributed by atoms with Crippen LogP contribution in [0.4, 0.5) is 11.4 Å². The number of allylic oxidation sites excluding steroid dienone is 6. The Labute approximate surface area is 146 Å². The van der Waals surface area contributed by atoms with Crippen molar-refractivity contribution in [2.24, 2.45) is 0 Å². The van der Waals surface area contributed by atoms with Crippen LogP contribution in [0.3, 0.4) is 0 Å². The summed E-state index contributed by atoms with van der Waals surface area (Å²) in [5, 5.41) is 2.93. The van der Waals surface area contributed by atoms with Crippen LogP contribution in [0.5, 0.6) is 0 Å². The third-order valence-electron chi connectivity index (χ3n) is 4.46. The van der Waals surface area contributed by atoms with E-state index in [0.717, 1.165) is 16.8 Å². The van der Waals surface area contributed by atoms with Crippen molar-refractivity contribution in [3.05, 3.63) is 95.1 Å². The van der Waals surface area contributed by atoms with E-state index in [4.69, 9.17) is 5.73 Å². The molecule has 0 saturated heterocycles. The van der Waals surface area contributed by atoms with Gasteiger partial charge in [0, 0.05) is 23.4 Å². The summed E-state index contributed by atoms with van der Waals surface area (Å²) in [6, 6.07) is 15.5. The van der Waals surface area contributed by atoms with E-state index in [2.05, 4.69) is 35.7 Å². The number of amides is 1. The van der Waals surface area contributed by atoms with Crippen LogP contribution in [-0.2, 0) is 4.79 Å². The van der Waals surface area contributed by atoms with Crippen molar-refractivity contribution in [3.8, 4) is 0 Å². The van der Waals surface area contributed by atoms with E-state index in [1.807, 2.05) is 36.4 Å². The monoisotopic (exact) mass is 326 g/mol. The number of nitrogen functional groups attached to an aromatic ring is 1. The van der Waals surface area contributed by atoms with Gasteiger partial charge in [-0.1, -0.05) is 54.6 Å². The summed E-state index contributed by atoms with van der Waals surface area (Å²) in [5.74, 6) is -0.0810. The van der Waals surface area contributed by atoms with Gasteiger partial charge in [-0.25, -0.2) is 0 Å². The molecule has 3 heteroatoms. The van der Waals surface area contributed by atoms with Gasteiger partial charge in [0.25, 0.3) is 5.91 Å². The van der Waals surface area contributed by atoms with Gasteiger partial charge in [-0.05, 0) is 46.5 Å². The molecule has 2 aliphatic carbocycles. The lowest BCUT2D eigenvalue weighted by atomic mass is 9.87. The number of nitrogens with one attached hydrogen (secondary N) is 1. The molecule has 0 radical (unpaired) electrons. The zero-order chi connectivity index (χ0) is 17.2. The van der Waals surface area contributed by atoms with E-state index in [1.165, 1.54) is 16.7 Å². The summed E-state index contributed by atoms with van der Waals surface area (Å²) in [6.45, 7) is 0. The quantitative estimate of drug-likeness (QED) is 0.794. The minimum atomic E-state index is -0.0810. The predicted molar refractivity (Wildman–Crippen MR) is 104 cm³/mol. The Hall–Kier alpha value is -3.33. The normalized spacial score (nSPS) is 15.1. The SMILES string of the molecule is Nc1ccc(NC(=O)C2=CC=C3C(=CC=Cc4ccccc43)C2)cc1. The lowest BCUT2D eigenvalue weighted by molar-refractivity contribution is -0.112. The smallest absolute Gasteiger partial charge is 0.251 e. The lowest BCUT2D eigenvalue weighted by Gasteiger charge is -2.19. The molecule has 2 aromatic rings. The van der Waals surface area contributed by atoms with Gasteiger partial charge in [0.1, 0.15) is 0 Å². The second kappa shape index (κ2) is 6.29. The molecule has 0 bridgehead atoms. The Morgan fingerprint density at radius 3 is 2.60 bits per heavy atom. The number of fused-ring (bicyclic) bond motifs is 3. The van der Waals surface area contributed by atoms with Crippen LogP contribution in [-0.4, -0.2) is 5.91 Å². The average Bonchev–Trinajstić information content (AvgIpc) is 2.82. The summed E-state index contributed by atoms with van der Waals surface area (Å²) >= 11 is 0. The van der Waals surface area contributed by atoms with Gasteiger partial charge < -0.3 is 11.1 Å². The molecule has 0 heterocycles. The number of carbonyl (C=O) groups excluding carboxylic acids is 1. The Bertz CT molecular complexity index is 960. The third kappa shape index (κ3) is 3.04. The first-order chi connectivity index (χ1) is 12.2. The molecule has 122 valence electrons. The summed E-state index contributed by atoms with van der Waals surface area (Å²) in [7, 11) is 0. The van der Waals surface area contributed by atoms with Crippen molar-refractivity contribution in [2.45, 2.75) is 6.42 Å². The number of hydrogen-bond acceptors (Lipinski definition) is 2. The van der Waals surface area contributed by atoms with E-state index in [1.54, 1.807) is 12.1 Å². The molecule has 0 fully saturated rings. The topological polar surface area (TPSA) is 55.1 Å². The second-order valence-electron chi connectivity index (χ2n) is 6.16. The molecule has 3 N–H and O–H groups in total. The molecule has 2 aromatic carbocycles. The molecule has 0 aromatic heterocycles. The number of benzene rings is 2. The number of nitrogens with two attached hydrogens (primary N) is 1. The van der Waals surface area contributed by atoms with Crippen LogP contribution in [0.1, 0.15) is 17.5 Å². The van der Waals surface area contributed by atoms with Gasteiger partial charge in [0.15, 0.2) is 0 Å². The zero-order valence-electron chi connectivity index (χ0n) is 13.7. The highest BCUT2D eigenvalue weighted by Gasteiger charge is 2.20. The average molecular weight is 326 g/mol. The molecule has 4 rings (SSSR count). The van der Waals surface area contributed by atoms with Gasteiger partial charge in [-0.3, -0.25) is 4.79 Å². The van der Waals surface area contributed by atoms with E-state index in [9.17, 15) is 4.79 Å². The summed E-state index contributed by atoms with van der Waals surface area (Å²) in [5.41, 5.74) is 12.6. The van der Waals surface area contributed by atoms with Crippen LogP contribution in [0.25, 0.3) is 11.6 Å². The van der Waals surface area contributed by atoms with E-state index >= 15 is 0 Å². The first-order valence-corrected chi connectivity index (χ1v) is 8.25. The fourth-order valence-corrected chi connectivity index (χ4v) is 3.15. The largest absolute Gasteiger partial charge is 0.399 e. The summed E-state index contributed by atoms with van der Waals surface area (Å²) < 4.78 is 0. The molecular weight excluding hydrogens is 308 g/mol. The van der Waals surface area contributed by atoms with Gasteiger partial charge >= 0.3 is 0 Å². The lowest BCUT2D eigenvalue weighted by Crippen LogP contribution is -2.16. The van der Waals surface area contributed by atoms with Crippen molar-refractivity contribution in [1.82, 2.24) is 0 Å². The number of carbonyl (C=O) groups is 1. The van der Waals surface area contributed by atoms with Crippen molar-refractivity contribution < 1.29 is 4.79 Å². The fraction of sp³-hybridized carbons (Fsp3) is 0.0455. The van der Waals surface area contributed by atoms with E-state index in [-0.39, 0.29) is 5.91 Å². The Kier molecular flexibility index (Phi) is 3.82. The second-order valence-corrected chi connectivity index (χ2v) is 6.16. The predicted octanol–water partition coefficient (Wildman–Crippen LogP) is 4.57. The number of hydrogen-bond donors (Lipinski definition) is 2. The van der Waals surface area contributed by atoms with Crippen LogP contribution >= 0.6 is 0 Å². The maximum atomic E-state index is 12.6. The maximum Gasteiger partial charge on any atom is 0.251 e. The van der Waals surface area contributed by atoms with E-state index in [0.29, 0.717) is 12.1 Å². The van der Waals surface area contributed by atoms with Crippen LogP contribution in [0, 0.1) is 0 Å². The van der Waals surface area contributed by atoms with Crippen LogP contribution < -0.4 is 11.1 Å². The molecule has 0 atom stereocenters. The first-order valence-electron chi connectivity index (χ1n) is 8.25. The van der Waals surface area contributed by atoms with Crippen molar-refractivity contribution in [3.63, 3.8) is 0 Å². The molecule has 0 unspecified atom stereocenters. The fourth-order valence-electron chi connectivity index (χ4n) is 3.15. The molecule has 0 spiro atoms. The summed E-state index contributed by atoms with van der Waals surface area (Å²) in [6.07, 6.45) is 10.8. The van der Waals surface area contributed by atoms with Crippen molar-refractivity contribution in [1.29, 1.82) is 0 Å². The standard InChI is InChI=1S/C22H18N2O/c23-18-9-11-19(12-10-18)24-22(25)17-8-13-21-16(14-17)6-3-5-15-4-1-2-7-20(15)21/h1-13H,14,23H2,(H,24,25). The Balaban J connectivity index is 1.62. The first kappa shape index (κ1) is 15.2. The highest BCUT2D eigenvalue weighted by molar-refractivity contribution is 6.06. The Morgan fingerprint density at radius 1 is 0.960 bits per heavy atom. The minimum absolute atomic E-state index is 0.0810. The highest BCUT2D eigenvalue weighted by atomic mass is 16.1. The molecular formula is C22H18N2O. The molecule has 2 aliphatic rings. The molecule has 0 saturated carbocycles. The maximum absolute atomic E-state index is 12.6. The van der Waals surface area contributed by atoms with Gasteiger partial charge in [0.2, 0.25) is 0 Å². The zero-order valence-corrected chi connectivity index (χ0v) is 13.7. The third-order valence-corrected chi connectivity index (χ3v) is 4.46. The molecule has 1 amide bonds. The van der Waals surface area contributed by atoms with Gasteiger partial charge in [-0.2, -0.15) is 0 Å². The molecule has 0 aliphatic heterocycles. The minimum Gasteiger partial charge on any atom is -0.399 e. The Morgan fingerprint density at radius 2 is 1.76 bits per heavy atom. The number of rotatable bonds is 2. The van der Waals surface area contributed by atoms with Crippen LogP contribution in [0.15, 0.2) is 84.0 Å². The highest BCUT2D eigenvalue weighted by Crippen LogP contribution is 2.36. The molecule has 3 nitrogen and oxygen atoms in total. The van der Waals surface area contributed by atoms with Gasteiger partial charge in [-0.15, -0.1) is 0 Å². The van der Waals surface area contributed by atoms with Gasteiger partial charge in [0.05, 0.1) is 0 Å². The van der Waals surface area contributed by atoms with E-state index < -0.39 is 0 Å². The molecule has 25 heavy (non-hydrogen) atoms.